The standard InChI is InChI=1S/C26H26N2O2.C25H24N2O2.C24H22N2O2.C23H20N2O2.4C2H4O2.4Mn/c29-25-19-9-3-1-2-4-10-20-12-8-14-22(26(20)30)18-28-24-16-6-5-15-23(24)27-17-21(25)13-7-11-19;28-24-18-8-2-1-3-9-19-11-7-13-21(25(19)29)17-27-23-15-5-4-14-22(23)26-16-20(24)12-6-10-18;27-23-17-7-1-2-8-18-10-6-12-20(24(18)28)16-26-22-14-4-3-13-21(22)25-15-19(23)11-5-9-17;26-22-16-6-3-7-17-9-5-11-19(23(17)27)15-25-21-13-2-1-12-20(21)24-14-18(22)10-4-8-16;4*1-2(3)4;;;;/h5-8,11-18,29-30H,1-4,9-10H2;4-7,10-17,28-29H,1-3,8-9H2;3-6,9-16,27-28H,1-2,7-8H2;1-2,4-5,8-15,26-27H,3,6-7H2;4*1H3,(H,3,4);;;;. The zero-order valence-electron chi connectivity index (χ0n) is 74.5. The smallest absolute Gasteiger partial charge is 0.300 e. The van der Waals surface area contributed by atoms with Crippen molar-refractivity contribution in [3.05, 3.63) is 332 Å². The molecule has 12 N–H and O–H groups in total. The second kappa shape index (κ2) is 59.0. The number of nitrogens with zero attached hydrogens (tertiary/aromatic N) is 8. The number of aromatic hydroxyl groups is 8. The fourth-order valence-electron chi connectivity index (χ4n) is 14.1. The number of hydrogen-bond acceptors (Lipinski definition) is 20. The van der Waals surface area contributed by atoms with E-state index in [1.165, 1.54) is 0 Å². The van der Waals surface area contributed by atoms with Gasteiger partial charge in [0.15, 0.2) is 0 Å². The van der Waals surface area contributed by atoms with Crippen molar-refractivity contribution in [2.45, 2.75) is 143 Å². The van der Waals surface area contributed by atoms with Crippen LogP contribution in [-0.2, 0) is 139 Å². The summed E-state index contributed by atoms with van der Waals surface area (Å²) in [6, 6.07) is 76.4. The van der Waals surface area contributed by atoms with Crippen LogP contribution in [0, 0.1) is 0 Å². The molecule has 16 bridgehead atoms. The van der Waals surface area contributed by atoms with Crippen molar-refractivity contribution in [3.63, 3.8) is 0 Å². The summed E-state index contributed by atoms with van der Waals surface area (Å²) in [5, 5.41) is 115. The van der Waals surface area contributed by atoms with Crippen molar-refractivity contribution in [3.8, 4) is 46.0 Å². The van der Waals surface area contributed by atoms with Crippen molar-refractivity contribution in [1.82, 2.24) is 0 Å². The summed E-state index contributed by atoms with van der Waals surface area (Å²) in [4.78, 5) is 72.4. The molecule has 4 aliphatic rings. The Morgan fingerprint density at radius 2 is 0.291 bits per heavy atom. The monoisotopic (exact) mass is 1970 g/mol. The fraction of sp³-hybridized carbons (Fsp3) is 0.208. The number of carboxylic acids is 4. The van der Waals surface area contributed by atoms with E-state index in [0.717, 1.165) is 188 Å². The van der Waals surface area contributed by atoms with E-state index >= 15 is 0 Å². The molecule has 16 rings (SSSR count). The SMILES string of the molecule is CC(=O)O.CC(=O)O.CC(=O)O.CC(=O)O.Oc1c2cccc1CCCCCCc1cccc(c1O)C=Nc1ccccc1N=C2.Oc1c2cccc1CCCCCc1cccc(c1O)C=Nc1ccccc1N=C2.Oc1c2cccc1CCCCc1cccc(c1O)C=Nc1ccccc1N=C2.Oc1c2cccc1CCCc1cccc(c1O)C=Nc1ccccc1N=C2.[Mn].[Mn].[Mn].[Mn]. The minimum atomic E-state index is -0.833. The molecule has 0 saturated heterocycles. The van der Waals surface area contributed by atoms with Crippen LogP contribution in [0.5, 0.6) is 46.0 Å². The van der Waals surface area contributed by atoms with E-state index in [9.17, 15) is 40.9 Å². The molecule has 0 unspecified atom stereocenters. The molecule has 0 aliphatic carbocycles. The molecule has 0 fully saturated rings. The maximum Gasteiger partial charge on any atom is 0.300 e. The van der Waals surface area contributed by atoms with Gasteiger partial charge in [-0.2, -0.15) is 0 Å². The van der Waals surface area contributed by atoms with E-state index in [1.54, 1.807) is 49.7 Å². The van der Waals surface area contributed by atoms with Crippen LogP contribution in [0.4, 0.5) is 45.5 Å². The number of aliphatic carboxylic acids is 4. The van der Waals surface area contributed by atoms with Gasteiger partial charge in [-0.05, 0) is 238 Å². The number of phenolic OH excluding ortho intramolecular Hbond substituents is 8. The number of hydrogen-bond donors (Lipinski definition) is 12. The summed E-state index contributed by atoms with van der Waals surface area (Å²) >= 11 is 0. The molecule has 4 radical (unpaired) electrons. The van der Waals surface area contributed by atoms with Crippen molar-refractivity contribution >= 4 is 119 Å². The number of aliphatic imine (C=N–C) groups is 8. The zero-order chi connectivity index (χ0) is 93.1. The van der Waals surface area contributed by atoms with Crippen LogP contribution in [0.1, 0.15) is 181 Å². The molecule has 0 amide bonds. The van der Waals surface area contributed by atoms with Gasteiger partial charge in [-0.25, -0.2) is 0 Å². The van der Waals surface area contributed by atoms with Gasteiger partial charge in [-0.1, -0.05) is 165 Å². The van der Waals surface area contributed by atoms with Crippen LogP contribution in [0.2, 0.25) is 0 Å². The third-order valence-corrected chi connectivity index (χ3v) is 20.5. The molecule has 4 aliphatic heterocycles. The number of para-hydroxylation sites is 16. The van der Waals surface area contributed by atoms with Crippen LogP contribution < -0.4 is 0 Å². The van der Waals surface area contributed by atoms with Gasteiger partial charge in [0.05, 0.1) is 45.5 Å². The second-order valence-corrected chi connectivity index (χ2v) is 30.5. The Kier molecular flexibility index (Phi) is 48.8. The Bertz CT molecular complexity index is 5730. The summed E-state index contributed by atoms with van der Waals surface area (Å²) in [5.41, 5.74) is 18.6. The molecular formula is C106H108Mn4N8O16. The van der Waals surface area contributed by atoms with Gasteiger partial charge in [0.2, 0.25) is 0 Å². The molecular weight excluding hydrogens is 1860 g/mol. The van der Waals surface area contributed by atoms with E-state index in [4.69, 9.17) is 39.6 Å². The molecule has 24 nitrogen and oxygen atoms in total. The van der Waals surface area contributed by atoms with Crippen LogP contribution >= 0.6 is 0 Å². The minimum Gasteiger partial charge on any atom is -0.507 e. The first-order chi connectivity index (χ1) is 62.8. The quantitative estimate of drug-likeness (QED) is 0.0628. The molecule has 134 heavy (non-hydrogen) atoms. The van der Waals surface area contributed by atoms with Gasteiger partial charge in [0.25, 0.3) is 23.9 Å². The Morgan fingerprint density at radius 3 is 0.425 bits per heavy atom. The Balaban J connectivity index is 0.000000296. The summed E-state index contributed by atoms with van der Waals surface area (Å²) in [6.45, 7) is 4.33. The number of carboxylic acid groups (broad SMARTS) is 4. The molecule has 28 heteroatoms. The number of carbonyl (C=O) groups is 4. The first-order valence-electron chi connectivity index (χ1n) is 42.8. The first kappa shape index (κ1) is 111. The third-order valence-electron chi connectivity index (χ3n) is 20.5. The average molecular weight is 1970 g/mol. The predicted octanol–water partition coefficient (Wildman–Crippen LogP) is 23.0. The molecule has 0 aromatic heterocycles. The average Bonchev–Trinajstić information content (AvgIpc) is 1.50. The maximum atomic E-state index is 10.7. The number of phenols is 8. The largest absolute Gasteiger partial charge is 0.507 e. The van der Waals surface area contributed by atoms with Gasteiger partial charge < -0.3 is 61.3 Å². The normalized spacial score (nSPS) is 12.7. The molecule has 0 atom stereocenters. The van der Waals surface area contributed by atoms with Crippen molar-refractivity contribution < 1.29 is 149 Å². The summed E-state index contributed by atoms with van der Waals surface area (Å²) in [6.07, 6.45) is 29.7. The number of benzene rings is 12. The maximum absolute atomic E-state index is 10.7. The minimum absolute atomic E-state index is 0. The van der Waals surface area contributed by atoms with Gasteiger partial charge in [-0.15, -0.1) is 0 Å². The Hall–Kier alpha value is -13.6. The van der Waals surface area contributed by atoms with Gasteiger partial charge in [0.1, 0.15) is 46.0 Å². The summed E-state index contributed by atoms with van der Waals surface area (Å²) < 4.78 is 0. The van der Waals surface area contributed by atoms with Gasteiger partial charge >= 0.3 is 0 Å². The molecule has 4 heterocycles. The molecule has 696 valence electrons. The van der Waals surface area contributed by atoms with Gasteiger partial charge in [0, 0.05) is 190 Å². The van der Waals surface area contributed by atoms with E-state index < -0.39 is 23.9 Å². The predicted molar refractivity (Wildman–Crippen MR) is 518 cm³/mol. The van der Waals surface area contributed by atoms with Crippen molar-refractivity contribution in [2.75, 3.05) is 0 Å². The zero-order valence-corrected chi connectivity index (χ0v) is 79.3. The molecule has 0 spiro atoms. The number of aryl methyl sites for hydroxylation is 8. The summed E-state index contributed by atoms with van der Waals surface area (Å²) in [7, 11) is 0. The Labute approximate surface area is 822 Å². The molecule has 12 aromatic rings. The van der Waals surface area contributed by atoms with E-state index in [0.29, 0.717) is 113 Å². The van der Waals surface area contributed by atoms with Crippen molar-refractivity contribution in [2.24, 2.45) is 39.9 Å². The van der Waals surface area contributed by atoms with E-state index in [1.807, 2.05) is 243 Å². The number of rotatable bonds is 0. The molecule has 12 aromatic carbocycles. The Morgan fingerprint density at radius 1 is 0.179 bits per heavy atom. The van der Waals surface area contributed by atoms with Crippen molar-refractivity contribution in [1.29, 1.82) is 0 Å². The fourth-order valence-corrected chi connectivity index (χ4v) is 14.1. The van der Waals surface area contributed by atoms with Crippen LogP contribution in [0.15, 0.2) is 283 Å². The van der Waals surface area contributed by atoms with Crippen LogP contribution in [0.25, 0.3) is 0 Å². The third kappa shape index (κ3) is 36.1. The van der Waals surface area contributed by atoms with E-state index in [-0.39, 0.29) is 91.3 Å². The molecule has 0 saturated carbocycles. The summed E-state index contributed by atoms with van der Waals surface area (Å²) in [5.74, 6) is -1.04. The number of fused-ring (bicyclic) bond motifs is 20. The van der Waals surface area contributed by atoms with Gasteiger partial charge in [-0.3, -0.25) is 59.1 Å². The van der Waals surface area contributed by atoms with Crippen LogP contribution in [-0.4, -0.2) is 135 Å². The van der Waals surface area contributed by atoms with Crippen LogP contribution in [0.3, 0.4) is 0 Å². The second-order valence-electron chi connectivity index (χ2n) is 30.5. The first-order valence-corrected chi connectivity index (χ1v) is 42.8. The topological polar surface area (TPSA) is 410 Å². The van der Waals surface area contributed by atoms with E-state index in [2.05, 4.69) is 39.9 Å².